The molecule has 1 aromatic carbocycles. The highest BCUT2D eigenvalue weighted by Gasteiger charge is 2.19. The van der Waals surface area contributed by atoms with Gasteiger partial charge in [-0.25, -0.2) is 17.9 Å². The maximum Gasteiger partial charge on any atom is 0.326 e. The van der Waals surface area contributed by atoms with E-state index >= 15 is 0 Å². The Hall–Kier alpha value is -1.21. The maximum absolute atomic E-state index is 11.7. The first-order chi connectivity index (χ1) is 7.47. The number of hydrogen-bond donors (Lipinski definition) is 2. The molecule has 0 saturated carbocycles. The third-order valence-corrected chi connectivity index (χ3v) is 4.16. The van der Waals surface area contributed by atoms with E-state index in [1.54, 1.807) is 22.9 Å². The zero-order valence-electron chi connectivity index (χ0n) is 8.64. The fraction of sp³-hybridized carbons (Fsp3) is 0.222. The quantitative estimate of drug-likeness (QED) is 0.795. The molecule has 16 heavy (non-hydrogen) atoms. The van der Waals surface area contributed by atoms with Gasteiger partial charge < -0.3 is 5.73 Å². The van der Waals surface area contributed by atoms with E-state index in [2.05, 4.69) is 0 Å². The number of rotatable bonds is 4. The number of carbonyl (C=O) groups is 1. The van der Waals surface area contributed by atoms with Crippen molar-refractivity contribution in [3.63, 3.8) is 0 Å². The molecule has 0 unspecified atom stereocenters. The standard InChI is InChI=1S/C9H12N2O3S2/c1-2-15-7-5-3-4-6-8(7)16(13,14)11-9(10)12/h3-6H,2H2,1H3,(H3,10,11,12). The van der Waals surface area contributed by atoms with Crippen molar-refractivity contribution in [3.05, 3.63) is 24.3 Å². The molecular weight excluding hydrogens is 248 g/mol. The summed E-state index contributed by atoms with van der Waals surface area (Å²) in [4.78, 5) is 11.2. The summed E-state index contributed by atoms with van der Waals surface area (Å²) in [5.41, 5.74) is 4.80. The number of urea groups is 1. The molecule has 88 valence electrons. The number of nitrogens with two attached hydrogens (primary N) is 1. The first-order valence-corrected chi connectivity index (χ1v) is 6.98. The van der Waals surface area contributed by atoms with Gasteiger partial charge in [0.15, 0.2) is 0 Å². The van der Waals surface area contributed by atoms with Crippen LogP contribution in [0.15, 0.2) is 34.1 Å². The first-order valence-electron chi connectivity index (χ1n) is 4.51. The average Bonchev–Trinajstić information content (AvgIpc) is 2.17. The fourth-order valence-electron chi connectivity index (χ4n) is 1.13. The lowest BCUT2D eigenvalue weighted by Crippen LogP contribution is -2.35. The monoisotopic (exact) mass is 260 g/mol. The summed E-state index contributed by atoms with van der Waals surface area (Å²) in [6, 6.07) is 5.36. The van der Waals surface area contributed by atoms with E-state index in [9.17, 15) is 13.2 Å². The molecule has 0 spiro atoms. The Labute approximate surface area is 98.5 Å². The van der Waals surface area contributed by atoms with E-state index in [0.717, 1.165) is 5.75 Å². The van der Waals surface area contributed by atoms with Gasteiger partial charge in [0.2, 0.25) is 0 Å². The lowest BCUT2D eigenvalue weighted by Gasteiger charge is -2.08. The molecule has 1 aromatic rings. The van der Waals surface area contributed by atoms with E-state index in [0.29, 0.717) is 4.90 Å². The molecule has 0 saturated heterocycles. The van der Waals surface area contributed by atoms with Gasteiger partial charge in [-0.15, -0.1) is 11.8 Å². The highest BCUT2D eigenvalue weighted by atomic mass is 32.2. The first kappa shape index (κ1) is 12.9. The molecule has 0 heterocycles. The Balaban J connectivity index is 3.16. The summed E-state index contributed by atoms with van der Waals surface area (Å²) >= 11 is 1.38. The number of amides is 2. The molecule has 0 fully saturated rings. The summed E-state index contributed by atoms with van der Waals surface area (Å²) in [5, 5.41) is 0. The number of benzene rings is 1. The number of primary amides is 1. The SMILES string of the molecule is CCSc1ccccc1S(=O)(=O)NC(N)=O. The van der Waals surface area contributed by atoms with Crippen molar-refractivity contribution < 1.29 is 13.2 Å². The summed E-state index contributed by atoms with van der Waals surface area (Å²) < 4.78 is 25.2. The molecule has 0 atom stereocenters. The summed E-state index contributed by atoms with van der Waals surface area (Å²) in [6.45, 7) is 1.91. The minimum atomic E-state index is -3.86. The van der Waals surface area contributed by atoms with Crippen LogP contribution in [0.5, 0.6) is 0 Å². The van der Waals surface area contributed by atoms with Crippen LogP contribution in [0.3, 0.4) is 0 Å². The van der Waals surface area contributed by atoms with Crippen molar-refractivity contribution in [2.45, 2.75) is 16.7 Å². The minimum Gasteiger partial charge on any atom is -0.351 e. The van der Waals surface area contributed by atoms with Crippen LogP contribution in [0.1, 0.15) is 6.92 Å². The van der Waals surface area contributed by atoms with E-state index in [1.165, 1.54) is 17.8 Å². The van der Waals surface area contributed by atoms with Crippen molar-refractivity contribution in [2.24, 2.45) is 5.73 Å². The topological polar surface area (TPSA) is 89.3 Å². The zero-order valence-corrected chi connectivity index (χ0v) is 10.3. The van der Waals surface area contributed by atoms with E-state index < -0.39 is 16.1 Å². The molecule has 0 aliphatic carbocycles. The molecule has 0 aliphatic heterocycles. The highest BCUT2D eigenvalue weighted by molar-refractivity contribution is 8.00. The number of carbonyl (C=O) groups excluding carboxylic acids is 1. The van der Waals surface area contributed by atoms with Gasteiger partial charge >= 0.3 is 6.03 Å². The maximum atomic E-state index is 11.7. The molecule has 3 N–H and O–H groups in total. The lowest BCUT2D eigenvalue weighted by molar-refractivity contribution is 0.253. The van der Waals surface area contributed by atoms with Crippen LogP contribution in [0, 0.1) is 0 Å². The summed E-state index contributed by atoms with van der Waals surface area (Å²) in [5.74, 6) is 0.739. The molecule has 0 aromatic heterocycles. The number of sulfonamides is 1. The molecule has 0 radical (unpaired) electrons. The van der Waals surface area contributed by atoms with Gasteiger partial charge in [0.05, 0.1) is 0 Å². The van der Waals surface area contributed by atoms with Crippen LogP contribution in [0.25, 0.3) is 0 Å². The van der Waals surface area contributed by atoms with Crippen LogP contribution in [-0.4, -0.2) is 20.2 Å². The second-order valence-corrected chi connectivity index (χ2v) is 5.81. The largest absolute Gasteiger partial charge is 0.351 e. The number of nitrogens with one attached hydrogen (secondary N) is 1. The summed E-state index contributed by atoms with van der Waals surface area (Å²) in [7, 11) is -3.86. The normalized spacial score (nSPS) is 11.1. The third-order valence-electron chi connectivity index (χ3n) is 1.67. The van der Waals surface area contributed by atoms with Gasteiger partial charge in [-0.05, 0) is 17.9 Å². The van der Waals surface area contributed by atoms with Crippen molar-refractivity contribution in [1.29, 1.82) is 0 Å². The lowest BCUT2D eigenvalue weighted by atomic mass is 10.4. The zero-order chi connectivity index (χ0) is 12.2. The van der Waals surface area contributed by atoms with E-state index in [4.69, 9.17) is 5.73 Å². The predicted molar refractivity (Wildman–Crippen MR) is 62.7 cm³/mol. The Morgan fingerprint density at radius 3 is 2.62 bits per heavy atom. The van der Waals surface area contributed by atoms with Crippen molar-refractivity contribution in [3.8, 4) is 0 Å². The Morgan fingerprint density at radius 2 is 2.06 bits per heavy atom. The fourth-order valence-corrected chi connectivity index (χ4v) is 3.30. The Kier molecular flexibility index (Phi) is 4.19. The highest BCUT2D eigenvalue weighted by Crippen LogP contribution is 2.25. The van der Waals surface area contributed by atoms with Crippen molar-refractivity contribution >= 4 is 27.8 Å². The number of hydrogen-bond acceptors (Lipinski definition) is 4. The second-order valence-electron chi connectivity index (χ2n) is 2.85. The average molecular weight is 260 g/mol. The second kappa shape index (κ2) is 5.22. The van der Waals surface area contributed by atoms with Gasteiger partial charge in [0, 0.05) is 4.90 Å². The minimum absolute atomic E-state index is 0.0700. The Morgan fingerprint density at radius 1 is 1.44 bits per heavy atom. The molecule has 1 rings (SSSR count). The molecule has 2 amide bonds. The Bertz CT molecular complexity index is 485. The van der Waals surface area contributed by atoms with E-state index in [-0.39, 0.29) is 4.90 Å². The summed E-state index contributed by atoms with van der Waals surface area (Å²) in [6.07, 6.45) is 0. The van der Waals surface area contributed by atoms with E-state index in [1.807, 2.05) is 6.92 Å². The van der Waals surface area contributed by atoms with Crippen molar-refractivity contribution in [1.82, 2.24) is 4.72 Å². The van der Waals surface area contributed by atoms with Gasteiger partial charge in [0.25, 0.3) is 10.0 Å². The van der Waals surface area contributed by atoms with Gasteiger partial charge in [-0.1, -0.05) is 19.1 Å². The predicted octanol–water partition coefficient (Wildman–Crippen LogP) is 1.16. The van der Waals surface area contributed by atoms with Crippen LogP contribution >= 0.6 is 11.8 Å². The molecule has 5 nitrogen and oxygen atoms in total. The van der Waals surface area contributed by atoms with Crippen LogP contribution in [-0.2, 0) is 10.0 Å². The van der Waals surface area contributed by atoms with Gasteiger partial charge in [0.1, 0.15) is 4.90 Å². The molecule has 7 heteroatoms. The van der Waals surface area contributed by atoms with Gasteiger partial charge in [-0.2, -0.15) is 0 Å². The molecular formula is C9H12N2O3S2. The van der Waals surface area contributed by atoms with Crippen LogP contribution in [0.2, 0.25) is 0 Å². The number of thioether (sulfide) groups is 1. The molecule has 0 aliphatic rings. The molecule has 0 bridgehead atoms. The van der Waals surface area contributed by atoms with Crippen molar-refractivity contribution in [2.75, 3.05) is 5.75 Å². The van der Waals surface area contributed by atoms with Crippen LogP contribution < -0.4 is 10.5 Å². The van der Waals surface area contributed by atoms with Gasteiger partial charge in [-0.3, -0.25) is 0 Å². The third kappa shape index (κ3) is 3.14. The van der Waals surface area contributed by atoms with Crippen LogP contribution in [0.4, 0.5) is 4.79 Å². The smallest absolute Gasteiger partial charge is 0.326 e.